The number of ether oxygens (including phenoxy) is 1. The number of hydrogen-bond donors (Lipinski definition) is 1. The van der Waals surface area contributed by atoms with Crippen molar-refractivity contribution in [3.05, 3.63) is 41.7 Å². The van der Waals surface area contributed by atoms with Crippen LogP contribution in [0.2, 0.25) is 0 Å². The summed E-state index contributed by atoms with van der Waals surface area (Å²) in [6.45, 7) is 6.09. The smallest absolute Gasteiger partial charge is 0.240 e. The second-order valence-corrected chi connectivity index (χ2v) is 8.49. The van der Waals surface area contributed by atoms with Crippen LogP contribution in [0.25, 0.3) is 0 Å². The van der Waals surface area contributed by atoms with Gasteiger partial charge in [0.25, 0.3) is 0 Å². The van der Waals surface area contributed by atoms with Crippen LogP contribution in [0.1, 0.15) is 30.7 Å². The van der Waals surface area contributed by atoms with Crippen LogP contribution in [-0.4, -0.2) is 44.6 Å². The molecular weight excluding hydrogens is 364 g/mol. The molecule has 0 amide bonds. The molecule has 146 valence electrons. The second-order valence-electron chi connectivity index (χ2n) is 6.72. The summed E-state index contributed by atoms with van der Waals surface area (Å²) in [5.74, 6) is 1.99. The van der Waals surface area contributed by atoms with E-state index in [1.807, 2.05) is 19.9 Å². The first-order chi connectivity index (χ1) is 12.9. The summed E-state index contributed by atoms with van der Waals surface area (Å²) in [5, 5.41) is 0. The first-order valence-electron chi connectivity index (χ1n) is 9.24. The van der Waals surface area contributed by atoms with Crippen molar-refractivity contribution in [3.8, 4) is 5.88 Å². The Labute approximate surface area is 160 Å². The van der Waals surface area contributed by atoms with Gasteiger partial charge in [-0.2, -0.15) is 4.98 Å². The predicted octanol–water partition coefficient (Wildman–Crippen LogP) is 2.44. The third-order valence-corrected chi connectivity index (χ3v) is 5.93. The molecule has 7 nitrogen and oxygen atoms in total. The molecule has 0 spiro atoms. The zero-order chi connectivity index (χ0) is 19.3. The van der Waals surface area contributed by atoms with Gasteiger partial charge >= 0.3 is 0 Å². The van der Waals surface area contributed by atoms with E-state index in [1.165, 1.54) is 19.3 Å². The lowest BCUT2D eigenvalue weighted by molar-refractivity contribution is 0.309. The lowest BCUT2D eigenvalue weighted by atomic mass is 10.1. The van der Waals surface area contributed by atoms with E-state index in [-0.39, 0.29) is 18.0 Å². The van der Waals surface area contributed by atoms with Gasteiger partial charge in [-0.3, -0.25) is 0 Å². The highest BCUT2D eigenvalue weighted by molar-refractivity contribution is 7.89. The summed E-state index contributed by atoms with van der Waals surface area (Å²) < 4.78 is 32.8. The lowest BCUT2D eigenvalue weighted by Gasteiger charge is -2.28. The molecule has 1 aliphatic heterocycles. The normalized spacial score (nSPS) is 15.0. The molecule has 8 heteroatoms. The number of piperidine rings is 1. The molecule has 0 radical (unpaired) electrons. The van der Waals surface area contributed by atoms with E-state index >= 15 is 0 Å². The maximum atomic E-state index is 12.3. The van der Waals surface area contributed by atoms with Crippen LogP contribution in [-0.2, 0) is 10.0 Å². The number of nitrogens with zero attached hydrogens (tertiary/aromatic N) is 3. The van der Waals surface area contributed by atoms with Crippen LogP contribution in [0.4, 0.5) is 5.82 Å². The molecule has 2 aromatic rings. The molecule has 2 heterocycles. The summed E-state index contributed by atoms with van der Waals surface area (Å²) in [4.78, 5) is 11.3. The Hall–Kier alpha value is -2.19. The largest absolute Gasteiger partial charge is 0.476 e. The number of aromatic nitrogens is 2. The van der Waals surface area contributed by atoms with E-state index in [0.717, 1.165) is 24.5 Å². The van der Waals surface area contributed by atoms with Gasteiger partial charge in [-0.25, -0.2) is 18.1 Å². The van der Waals surface area contributed by atoms with E-state index in [9.17, 15) is 8.42 Å². The maximum Gasteiger partial charge on any atom is 0.240 e. The highest BCUT2D eigenvalue weighted by atomic mass is 32.2. The number of sulfonamides is 1. The summed E-state index contributed by atoms with van der Waals surface area (Å²) >= 11 is 0. The van der Waals surface area contributed by atoms with Crippen molar-refractivity contribution in [1.29, 1.82) is 0 Å². The van der Waals surface area contributed by atoms with Crippen LogP contribution < -0.4 is 14.4 Å². The van der Waals surface area contributed by atoms with Crippen molar-refractivity contribution in [3.63, 3.8) is 0 Å². The fourth-order valence-corrected chi connectivity index (χ4v) is 4.03. The summed E-state index contributed by atoms with van der Waals surface area (Å²) in [6, 6.07) is 8.56. The fourth-order valence-electron chi connectivity index (χ4n) is 3.02. The summed E-state index contributed by atoms with van der Waals surface area (Å²) in [6.07, 6.45) is 3.59. The predicted molar refractivity (Wildman–Crippen MR) is 105 cm³/mol. The van der Waals surface area contributed by atoms with Gasteiger partial charge in [0.2, 0.25) is 15.9 Å². The van der Waals surface area contributed by atoms with Crippen molar-refractivity contribution in [1.82, 2.24) is 14.7 Å². The Bertz CT molecular complexity index is 863. The van der Waals surface area contributed by atoms with E-state index in [0.29, 0.717) is 11.7 Å². The molecule has 3 rings (SSSR count). The number of aryl methyl sites for hydroxylation is 2. The molecule has 1 aromatic heterocycles. The molecule has 1 saturated heterocycles. The SMILES string of the molecule is Cc1ccc(S(=O)(=O)NCCOc2cc(N3CCCCC3)nc(C)n2)cc1. The topological polar surface area (TPSA) is 84.4 Å². The standard InChI is InChI=1S/C19H26N4O3S/c1-15-6-8-17(9-7-15)27(24,25)20-10-13-26-19-14-18(21-16(2)22-19)23-11-4-3-5-12-23/h6-9,14,20H,3-5,10-13H2,1-2H3. The average molecular weight is 391 g/mol. The highest BCUT2D eigenvalue weighted by Crippen LogP contribution is 2.21. The lowest BCUT2D eigenvalue weighted by Crippen LogP contribution is -2.30. The molecule has 1 aliphatic rings. The molecule has 1 fully saturated rings. The first-order valence-corrected chi connectivity index (χ1v) is 10.7. The highest BCUT2D eigenvalue weighted by Gasteiger charge is 2.15. The van der Waals surface area contributed by atoms with Crippen molar-refractivity contribution in [2.75, 3.05) is 31.1 Å². The Kier molecular flexibility index (Phi) is 6.28. The zero-order valence-electron chi connectivity index (χ0n) is 15.8. The number of rotatable bonds is 7. The number of hydrogen-bond acceptors (Lipinski definition) is 6. The van der Waals surface area contributed by atoms with E-state index < -0.39 is 10.0 Å². The Morgan fingerprint density at radius 3 is 2.48 bits per heavy atom. The van der Waals surface area contributed by atoms with Crippen LogP contribution in [0.3, 0.4) is 0 Å². The van der Waals surface area contributed by atoms with Crippen molar-refractivity contribution in [2.45, 2.75) is 38.0 Å². The van der Waals surface area contributed by atoms with Crippen LogP contribution in [0.15, 0.2) is 35.2 Å². The van der Waals surface area contributed by atoms with Gasteiger partial charge in [-0.15, -0.1) is 0 Å². The van der Waals surface area contributed by atoms with E-state index in [4.69, 9.17) is 4.74 Å². The van der Waals surface area contributed by atoms with Gasteiger partial charge < -0.3 is 9.64 Å². The third-order valence-electron chi connectivity index (χ3n) is 4.46. The van der Waals surface area contributed by atoms with Crippen molar-refractivity contribution >= 4 is 15.8 Å². The Balaban J connectivity index is 1.55. The molecule has 0 aliphatic carbocycles. The van der Waals surface area contributed by atoms with Crippen molar-refractivity contribution in [2.24, 2.45) is 0 Å². The van der Waals surface area contributed by atoms with Gasteiger partial charge in [-0.05, 0) is 45.2 Å². The molecule has 0 bridgehead atoms. The van der Waals surface area contributed by atoms with Gasteiger partial charge in [0.1, 0.15) is 18.2 Å². The monoisotopic (exact) mass is 390 g/mol. The molecule has 1 N–H and O–H groups in total. The van der Waals surface area contributed by atoms with Crippen LogP contribution >= 0.6 is 0 Å². The van der Waals surface area contributed by atoms with Gasteiger partial charge in [0, 0.05) is 25.7 Å². The first kappa shape index (κ1) is 19.6. The van der Waals surface area contributed by atoms with Gasteiger partial charge in [0.15, 0.2) is 0 Å². The maximum absolute atomic E-state index is 12.3. The third kappa shape index (κ3) is 5.40. The summed E-state index contributed by atoms with van der Waals surface area (Å²) in [5.41, 5.74) is 1.01. The van der Waals surface area contributed by atoms with Crippen LogP contribution in [0, 0.1) is 13.8 Å². The molecular formula is C19H26N4O3S. The molecule has 1 aromatic carbocycles. The average Bonchev–Trinajstić information content (AvgIpc) is 2.66. The number of benzene rings is 1. The second kappa shape index (κ2) is 8.67. The minimum atomic E-state index is -3.54. The van der Waals surface area contributed by atoms with E-state index in [1.54, 1.807) is 24.3 Å². The number of anilines is 1. The minimum absolute atomic E-state index is 0.165. The Morgan fingerprint density at radius 2 is 1.78 bits per heavy atom. The molecule has 0 atom stereocenters. The Morgan fingerprint density at radius 1 is 1.07 bits per heavy atom. The fraction of sp³-hybridized carbons (Fsp3) is 0.474. The summed E-state index contributed by atoms with van der Waals surface area (Å²) in [7, 11) is -3.54. The molecule has 0 unspecified atom stereocenters. The molecule has 27 heavy (non-hydrogen) atoms. The number of nitrogens with one attached hydrogen (secondary N) is 1. The van der Waals surface area contributed by atoms with Gasteiger partial charge in [0.05, 0.1) is 4.90 Å². The van der Waals surface area contributed by atoms with Crippen LogP contribution in [0.5, 0.6) is 5.88 Å². The van der Waals surface area contributed by atoms with E-state index in [2.05, 4.69) is 19.6 Å². The van der Waals surface area contributed by atoms with Gasteiger partial charge in [-0.1, -0.05) is 17.7 Å². The van der Waals surface area contributed by atoms with Crippen molar-refractivity contribution < 1.29 is 13.2 Å². The zero-order valence-corrected chi connectivity index (χ0v) is 16.6. The minimum Gasteiger partial charge on any atom is -0.476 e. The molecule has 0 saturated carbocycles. The quantitative estimate of drug-likeness (QED) is 0.731.